The predicted octanol–water partition coefficient (Wildman–Crippen LogP) is 3.41. The number of carboxylic acids is 1. The van der Waals surface area contributed by atoms with E-state index in [2.05, 4.69) is 10.6 Å². The van der Waals surface area contributed by atoms with E-state index in [4.69, 9.17) is 9.84 Å². The number of thiophene rings is 1. The summed E-state index contributed by atoms with van der Waals surface area (Å²) in [5.74, 6) is -0.461. The molecule has 3 N–H and O–H groups in total. The lowest BCUT2D eigenvalue weighted by Crippen LogP contribution is -2.19. The van der Waals surface area contributed by atoms with E-state index in [9.17, 15) is 9.59 Å². The number of urea groups is 1. The molecule has 1 aromatic carbocycles. The molecule has 0 aliphatic rings. The zero-order valence-electron chi connectivity index (χ0n) is 11.5. The van der Waals surface area contributed by atoms with E-state index in [0.717, 1.165) is 11.3 Å². The first-order valence-electron chi connectivity index (χ1n) is 6.06. The van der Waals surface area contributed by atoms with Crippen LogP contribution in [0.3, 0.4) is 0 Å². The van der Waals surface area contributed by atoms with Crippen LogP contribution in [0.2, 0.25) is 0 Å². The van der Waals surface area contributed by atoms with E-state index in [-0.39, 0.29) is 4.88 Å². The second kappa shape index (κ2) is 6.27. The predicted molar refractivity (Wildman–Crippen MR) is 81.7 cm³/mol. The lowest BCUT2D eigenvalue weighted by molar-refractivity contribution is 0.0701. The Bertz CT molecular complexity index is 681. The summed E-state index contributed by atoms with van der Waals surface area (Å²) in [7, 11) is 1.51. The van der Waals surface area contributed by atoms with Crippen molar-refractivity contribution in [3.8, 4) is 5.75 Å². The molecule has 7 heteroatoms. The van der Waals surface area contributed by atoms with Gasteiger partial charge in [0.15, 0.2) is 0 Å². The van der Waals surface area contributed by atoms with Crippen molar-refractivity contribution in [1.29, 1.82) is 0 Å². The van der Waals surface area contributed by atoms with Crippen LogP contribution < -0.4 is 15.4 Å². The van der Waals surface area contributed by atoms with Crippen LogP contribution in [0.1, 0.15) is 15.2 Å². The van der Waals surface area contributed by atoms with Crippen molar-refractivity contribution in [1.82, 2.24) is 0 Å². The lowest BCUT2D eigenvalue weighted by Gasteiger charge is -2.09. The van der Waals surface area contributed by atoms with Crippen LogP contribution in [0, 0.1) is 6.92 Å². The van der Waals surface area contributed by atoms with Gasteiger partial charge in [-0.05, 0) is 30.7 Å². The van der Waals surface area contributed by atoms with Crippen molar-refractivity contribution in [2.75, 3.05) is 17.7 Å². The fourth-order valence-corrected chi connectivity index (χ4v) is 2.68. The number of carbonyl (C=O) groups is 2. The van der Waals surface area contributed by atoms with E-state index < -0.39 is 12.0 Å². The highest BCUT2D eigenvalue weighted by Crippen LogP contribution is 2.27. The minimum atomic E-state index is -1.00. The van der Waals surface area contributed by atoms with Crippen LogP contribution >= 0.6 is 11.3 Å². The van der Waals surface area contributed by atoms with Gasteiger partial charge >= 0.3 is 12.0 Å². The Balaban J connectivity index is 2.08. The molecule has 1 heterocycles. The average Bonchev–Trinajstić information content (AvgIpc) is 2.80. The van der Waals surface area contributed by atoms with E-state index >= 15 is 0 Å². The smallest absolute Gasteiger partial charge is 0.346 e. The molecule has 0 unspecified atom stereocenters. The number of carboxylic acid groups (broad SMARTS) is 1. The number of hydrogen-bond acceptors (Lipinski definition) is 4. The van der Waals surface area contributed by atoms with Gasteiger partial charge in [0.05, 0.1) is 17.8 Å². The third kappa shape index (κ3) is 3.51. The molecule has 0 radical (unpaired) electrons. The number of rotatable bonds is 4. The number of ether oxygens (including phenoxy) is 1. The number of hydrogen-bond donors (Lipinski definition) is 3. The molecule has 0 aliphatic heterocycles. The first kappa shape index (κ1) is 14.9. The molecule has 2 rings (SSSR count). The van der Waals surface area contributed by atoms with Gasteiger partial charge in [-0.2, -0.15) is 0 Å². The molecule has 1 aromatic heterocycles. The van der Waals surface area contributed by atoms with Crippen LogP contribution in [0.5, 0.6) is 5.75 Å². The van der Waals surface area contributed by atoms with Gasteiger partial charge in [-0.15, -0.1) is 11.3 Å². The van der Waals surface area contributed by atoms with E-state index in [1.807, 2.05) is 0 Å². The van der Waals surface area contributed by atoms with Crippen molar-refractivity contribution in [3.05, 3.63) is 40.8 Å². The highest BCUT2D eigenvalue weighted by Gasteiger charge is 2.14. The minimum absolute atomic E-state index is 0.211. The van der Waals surface area contributed by atoms with Gasteiger partial charge in [0, 0.05) is 0 Å². The molecule has 2 aromatic rings. The Morgan fingerprint density at radius 3 is 2.57 bits per heavy atom. The average molecular weight is 306 g/mol. The zero-order chi connectivity index (χ0) is 15.4. The van der Waals surface area contributed by atoms with E-state index in [0.29, 0.717) is 22.0 Å². The van der Waals surface area contributed by atoms with Crippen molar-refractivity contribution >= 4 is 34.0 Å². The topological polar surface area (TPSA) is 87.7 Å². The van der Waals surface area contributed by atoms with Crippen LogP contribution in [0.25, 0.3) is 0 Å². The van der Waals surface area contributed by atoms with Crippen molar-refractivity contribution in [2.24, 2.45) is 0 Å². The Morgan fingerprint density at radius 2 is 1.95 bits per heavy atom. The summed E-state index contributed by atoms with van der Waals surface area (Å²) in [6, 6.07) is 8.17. The molecule has 6 nitrogen and oxygen atoms in total. The van der Waals surface area contributed by atoms with Gasteiger partial charge in [0.2, 0.25) is 0 Å². The highest BCUT2D eigenvalue weighted by molar-refractivity contribution is 7.18. The molecular formula is C14H14N2O4S. The molecule has 0 aliphatic carbocycles. The van der Waals surface area contributed by atoms with Crippen LogP contribution in [0.15, 0.2) is 30.3 Å². The number of carbonyl (C=O) groups excluding carboxylic acids is 1. The normalized spacial score (nSPS) is 10.0. The van der Waals surface area contributed by atoms with Gasteiger partial charge in [0.25, 0.3) is 0 Å². The van der Waals surface area contributed by atoms with Gasteiger partial charge in [-0.3, -0.25) is 5.32 Å². The van der Waals surface area contributed by atoms with Gasteiger partial charge in [-0.1, -0.05) is 12.1 Å². The third-order valence-corrected chi connectivity index (χ3v) is 3.84. The summed E-state index contributed by atoms with van der Waals surface area (Å²) in [6.45, 7) is 1.68. The third-order valence-electron chi connectivity index (χ3n) is 2.70. The van der Waals surface area contributed by atoms with Crippen LogP contribution in [-0.2, 0) is 0 Å². The minimum Gasteiger partial charge on any atom is -0.495 e. The number of amides is 2. The number of anilines is 2. The Hall–Kier alpha value is -2.54. The quantitative estimate of drug-likeness (QED) is 0.807. The molecule has 21 heavy (non-hydrogen) atoms. The number of aryl methyl sites for hydroxylation is 1. The van der Waals surface area contributed by atoms with Crippen molar-refractivity contribution in [3.63, 3.8) is 0 Å². The maximum absolute atomic E-state index is 11.9. The molecule has 110 valence electrons. The molecule has 0 spiro atoms. The van der Waals surface area contributed by atoms with E-state index in [1.54, 1.807) is 37.3 Å². The molecule has 0 fully saturated rings. The summed E-state index contributed by atoms with van der Waals surface area (Å²) in [6.07, 6.45) is 0. The SMILES string of the molecule is COc1ccccc1NC(=O)Nc1cc(C)c(C(=O)O)s1. The highest BCUT2D eigenvalue weighted by atomic mass is 32.1. The Kier molecular flexibility index (Phi) is 4.44. The molecule has 0 atom stereocenters. The first-order chi connectivity index (χ1) is 10.0. The fourth-order valence-electron chi connectivity index (χ4n) is 1.77. The maximum atomic E-state index is 11.9. The maximum Gasteiger partial charge on any atom is 0.346 e. The molecule has 0 saturated heterocycles. The van der Waals surface area contributed by atoms with Crippen molar-refractivity contribution in [2.45, 2.75) is 6.92 Å². The lowest BCUT2D eigenvalue weighted by atomic mass is 10.3. The molecular weight excluding hydrogens is 292 g/mol. The number of nitrogens with one attached hydrogen (secondary N) is 2. The fraction of sp³-hybridized carbons (Fsp3) is 0.143. The summed E-state index contributed by atoms with van der Waals surface area (Å²) in [5.41, 5.74) is 1.14. The van der Waals surface area contributed by atoms with Gasteiger partial charge in [0.1, 0.15) is 10.6 Å². The first-order valence-corrected chi connectivity index (χ1v) is 6.87. The zero-order valence-corrected chi connectivity index (χ0v) is 12.3. The monoisotopic (exact) mass is 306 g/mol. The van der Waals surface area contributed by atoms with Crippen LogP contribution in [-0.4, -0.2) is 24.2 Å². The van der Waals surface area contributed by atoms with Gasteiger partial charge in [-0.25, -0.2) is 9.59 Å². The van der Waals surface area contributed by atoms with Crippen LogP contribution in [0.4, 0.5) is 15.5 Å². The number of benzene rings is 1. The second-order valence-electron chi connectivity index (χ2n) is 4.21. The van der Waals surface area contributed by atoms with E-state index in [1.165, 1.54) is 7.11 Å². The largest absolute Gasteiger partial charge is 0.495 e. The van der Waals surface area contributed by atoms with Gasteiger partial charge < -0.3 is 15.2 Å². The molecule has 0 bridgehead atoms. The summed E-state index contributed by atoms with van der Waals surface area (Å²) in [5, 5.41) is 14.7. The number of methoxy groups -OCH3 is 1. The number of aromatic carboxylic acids is 1. The summed E-state index contributed by atoms with van der Waals surface area (Å²) < 4.78 is 5.13. The Morgan fingerprint density at radius 1 is 1.24 bits per heavy atom. The Labute approximate surface area is 125 Å². The molecule has 2 amide bonds. The summed E-state index contributed by atoms with van der Waals surface area (Å²) >= 11 is 1.01. The molecule has 0 saturated carbocycles. The second-order valence-corrected chi connectivity index (χ2v) is 5.26. The van der Waals surface area contributed by atoms with Crippen molar-refractivity contribution < 1.29 is 19.4 Å². The standard InChI is InChI=1S/C14H14N2O4S/c1-8-7-11(21-12(8)13(17)18)16-14(19)15-9-5-3-4-6-10(9)20-2/h3-7H,1-2H3,(H,17,18)(H2,15,16,19). The number of para-hydroxylation sites is 2. The summed E-state index contributed by atoms with van der Waals surface area (Å²) in [4.78, 5) is 23.1.